The topological polar surface area (TPSA) is 94.5 Å². The van der Waals surface area contributed by atoms with E-state index in [4.69, 9.17) is 9.84 Å². The van der Waals surface area contributed by atoms with Crippen LogP contribution < -0.4 is 10.4 Å². The number of amidine groups is 1. The Morgan fingerprint density at radius 3 is 2.65 bits per heavy atom. The minimum atomic E-state index is -0.624. The quantitative estimate of drug-likeness (QED) is 0.789. The molecule has 2 aliphatic heterocycles. The summed E-state index contributed by atoms with van der Waals surface area (Å²) in [5.74, 6) is -0.245. The SMILES string of the molecule is CC1N=C(C(=O)N2CCC(OCCO)CC2)NN(c2ccccc2)C1=O. The minimum absolute atomic E-state index is 0.00110. The zero-order valence-electron chi connectivity index (χ0n) is 14.8. The van der Waals surface area contributed by atoms with Gasteiger partial charge in [0, 0.05) is 13.1 Å². The number of hydrogen-bond donors (Lipinski definition) is 2. The van der Waals surface area contributed by atoms with Crippen molar-refractivity contribution < 1.29 is 19.4 Å². The largest absolute Gasteiger partial charge is 0.394 e. The Hall–Kier alpha value is -2.45. The van der Waals surface area contributed by atoms with Crippen LogP contribution in [0.5, 0.6) is 0 Å². The molecule has 1 aromatic rings. The molecule has 0 aliphatic carbocycles. The van der Waals surface area contributed by atoms with Crippen LogP contribution in [0.15, 0.2) is 35.3 Å². The lowest BCUT2D eigenvalue weighted by atomic mass is 10.1. The maximum Gasteiger partial charge on any atom is 0.290 e. The average Bonchev–Trinajstić information content (AvgIpc) is 2.69. The molecule has 8 nitrogen and oxygen atoms in total. The van der Waals surface area contributed by atoms with Crippen LogP contribution in [-0.4, -0.2) is 66.1 Å². The molecule has 0 bridgehead atoms. The van der Waals surface area contributed by atoms with E-state index in [1.807, 2.05) is 18.2 Å². The Morgan fingerprint density at radius 1 is 1.31 bits per heavy atom. The Balaban J connectivity index is 1.66. The van der Waals surface area contributed by atoms with Crippen LogP contribution in [0.1, 0.15) is 19.8 Å². The van der Waals surface area contributed by atoms with Gasteiger partial charge >= 0.3 is 0 Å². The number of para-hydroxylation sites is 1. The third-order valence-electron chi connectivity index (χ3n) is 4.51. The van der Waals surface area contributed by atoms with Crippen LogP contribution >= 0.6 is 0 Å². The second kappa shape index (κ2) is 8.29. The standard InChI is InChI=1S/C18H24N4O4/c1-13-17(24)22(14-5-3-2-4-6-14)20-16(19-13)18(25)21-9-7-15(8-10-21)26-12-11-23/h2-6,13,15,23H,7-12H2,1H3,(H,19,20). The van der Waals surface area contributed by atoms with Gasteiger partial charge in [-0.05, 0) is 31.9 Å². The summed E-state index contributed by atoms with van der Waals surface area (Å²) in [6.07, 6.45) is 1.50. The lowest BCUT2D eigenvalue weighted by molar-refractivity contribution is -0.127. The summed E-state index contributed by atoms with van der Waals surface area (Å²) in [6.45, 7) is 3.12. The maximum absolute atomic E-state index is 12.8. The smallest absolute Gasteiger partial charge is 0.290 e. The normalized spacial score (nSPS) is 21.4. The third kappa shape index (κ3) is 4.03. The maximum atomic E-state index is 12.8. The molecular weight excluding hydrogens is 336 g/mol. The van der Waals surface area contributed by atoms with E-state index in [0.29, 0.717) is 25.4 Å². The summed E-state index contributed by atoms with van der Waals surface area (Å²) in [4.78, 5) is 31.2. The van der Waals surface area contributed by atoms with E-state index in [-0.39, 0.29) is 30.4 Å². The highest BCUT2D eigenvalue weighted by Crippen LogP contribution is 2.18. The van der Waals surface area contributed by atoms with Crippen molar-refractivity contribution in [3.05, 3.63) is 30.3 Å². The summed E-state index contributed by atoms with van der Waals surface area (Å²) in [6, 6.07) is 8.51. The molecule has 1 fully saturated rings. The monoisotopic (exact) mass is 360 g/mol. The Kier molecular flexibility index (Phi) is 5.85. The number of aliphatic hydroxyl groups is 1. The molecule has 0 aromatic heterocycles. The van der Waals surface area contributed by atoms with Crippen molar-refractivity contribution >= 4 is 23.3 Å². The number of nitrogens with zero attached hydrogens (tertiary/aromatic N) is 3. The van der Waals surface area contributed by atoms with Crippen LogP contribution in [0.25, 0.3) is 0 Å². The number of aliphatic hydroxyl groups excluding tert-OH is 1. The molecule has 26 heavy (non-hydrogen) atoms. The van der Waals surface area contributed by atoms with Gasteiger partial charge in [-0.25, -0.2) is 10.0 Å². The molecule has 1 atom stereocenters. The van der Waals surface area contributed by atoms with Crippen LogP contribution in [0.4, 0.5) is 5.69 Å². The number of anilines is 1. The zero-order valence-corrected chi connectivity index (χ0v) is 14.8. The molecule has 140 valence electrons. The second-order valence-corrected chi connectivity index (χ2v) is 6.36. The van der Waals surface area contributed by atoms with Crippen molar-refractivity contribution in [2.45, 2.75) is 31.9 Å². The number of carbonyl (C=O) groups is 2. The van der Waals surface area contributed by atoms with E-state index in [1.54, 1.807) is 24.0 Å². The van der Waals surface area contributed by atoms with Gasteiger partial charge in [-0.2, -0.15) is 0 Å². The fraction of sp³-hybridized carbons (Fsp3) is 0.500. The molecule has 2 N–H and O–H groups in total. The van der Waals surface area contributed by atoms with Crippen LogP contribution in [0.2, 0.25) is 0 Å². The van der Waals surface area contributed by atoms with Crippen molar-refractivity contribution in [1.29, 1.82) is 0 Å². The molecule has 2 heterocycles. The number of amides is 2. The molecular formula is C18H24N4O4. The summed E-state index contributed by atoms with van der Waals surface area (Å²) < 4.78 is 5.52. The van der Waals surface area contributed by atoms with Crippen LogP contribution in [0, 0.1) is 0 Å². The van der Waals surface area contributed by atoms with Gasteiger partial charge in [0.2, 0.25) is 5.84 Å². The van der Waals surface area contributed by atoms with E-state index < -0.39 is 6.04 Å². The van der Waals surface area contributed by atoms with Gasteiger partial charge in [0.15, 0.2) is 0 Å². The highest BCUT2D eigenvalue weighted by Gasteiger charge is 2.33. The molecule has 1 saturated heterocycles. The number of ether oxygens (including phenoxy) is 1. The number of carbonyl (C=O) groups excluding carboxylic acids is 2. The summed E-state index contributed by atoms with van der Waals surface area (Å²) in [5.41, 5.74) is 3.54. The number of likely N-dealkylation sites (tertiary alicyclic amines) is 1. The number of hydrogen-bond acceptors (Lipinski definition) is 6. The highest BCUT2D eigenvalue weighted by molar-refractivity contribution is 6.39. The van der Waals surface area contributed by atoms with E-state index in [1.165, 1.54) is 5.01 Å². The Bertz CT molecular complexity index is 671. The first kappa shape index (κ1) is 18.3. The van der Waals surface area contributed by atoms with Gasteiger partial charge in [0.05, 0.1) is 25.0 Å². The summed E-state index contributed by atoms with van der Waals surface area (Å²) >= 11 is 0. The molecule has 3 rings (SSSR count). The van der Waals surface area contributed by atoms with Crippen LogP contribution in [-0.2, 0) is 14.3 Å². The predicted molar refractivity (Wildman–Crippen MR) is 96.6 cm³/mol. The molecule has 1 unspecified atom stereocenters. The third-order valence-corrected chi connectivity index (χ3v) is 4.51. The minimum Gasteiger partial charge on any atom is -0.394 e. The molecule has 0 spiro atoms. The van der Waals surface area contributed by atoms with Crippen molar-refractivity contribution in [3.63, 3.8) is 0 Å². The van der Waals surface area contributed by atoms with E-state index in [9.17, 15) is 9.59 Å². The zero-order chi connectivity index (χ0) is 18.5. The molecule has 1 aromatic carbocycles. The van der Waals surface area contributed by atoms with Crippen molar-refractivity contribution in [2.24, 2.45) is 4.99 Å². The number of piperidine rings is 1. The lowest BCUT2D eigenvalue weighted by Crippen LogP contribution is -2.59. The van der Waals surface area contributed by atoms with Gasteiger partial charge in [-0.1, -0.05) is 18.2 Å². The second-order valence-electron chi connectivity index (χ2n) is 6.36. The first-order chi connectivity index (χ1) is 12.6. The van der Waals surface area contributed by atoms with E-state index in [0.717, 1.165) is 12.8 Å². The Morgan fingerprint density at radius 2 is 2.00 bits per heavy atom. The van der Waals surface area contributed by atoms with E-state index in [2.05, 4.69) is 10.4 Å². The average molecular weight is 360 g/mol. The van der Waals surface area contributed by atoms with Gasteiger partial charge in [-0.3, -0.25) is 15.0 Å². The highest BCUT2D eigenvalue weighted by atomic mass is 16.5. The first-order valence-corrected chi connectivity index (χ1v) is 8.85. The molecule has 0 radical (unpaired) electrons. The molecule has 8 heteroatoms. The number of hydrazine groups is 1. The van der Waals surface area contributed by atoms with E-state index >= 15 is 0 Å². The van der Waals surface area contributed by atoms with Gasteiger partial charge in [0.25, 0.3) is 11.8 Å². The number of aliphatic imine (C=N–C) groups is 1. The Labute approximate surface area is 152 Å². The van der Waals surface area contributed by atoms with Crippen molar-refractivity contribution in [3.8, 4) is 0 Å². The van der Waals surface area contributed by atoms with Gasteiger partial charge in [-0.15, -0.1) is 0 Å². The van der Waals surface area contributed by atoms with Gasteiger partial charge < -0.3 is 14.7 Å². The van der Waals surface area contributed by atoms with Crippen LogP contribution in [0.3, 0.4) is 0 Å². The van der Waals surface area contributed by atoms with Crippen molar-refractivity contribution in [1.82, 2.24) is 10.3 Å². The number of benzene rings is 1. The summed E-state index contributed by atoms with van der Waals surface area (Å²) in [5, 5.41) is 10.2. The fourth-order valence-electron chi connectivity index (χ4n) is 3.09. The molecule has 0 saturated carbocycles. The first-order valence-electron chi connectivity index (χ1n) is 8.85. The number of nitrogens with one attached hydrogen (secondary N) is 1. The van der Waals surface area contributed by atoms with Crippen molar-refractivity contribution in [2.75, 3.05) is 31.3 Å². The molecule has 2 amide bonds. The lowest BCUT2D eigenvalue weighted by Gasteiger charge is -2.35. The molecule has 2 aliphatic rings. The summed E-state index contributed by atoms with van der Waals surface area (Å²) in [7, 11) is 0. The van der Waals surface area contributed by atoms with Gasteiger partial charge in [0.1, 0.15) is 6.04 Å². The fourth-order valence-corrected chi connectivity index (χ4v) is 3.09. The number of rotatable bonds is 5. The predicted octanol–water partition coefficient (Wildman–Crippen LogP) is 0.325.